The van der Waals surface area contributed by atoms with Gasteiger partial charge in [0.15, 0.2) is 0 Å². The number of nitrogens with zero attached hydrogens (tertiary/aromatic N) is 2. The van der Waals surface area contributed by atoms with Crippen LogP contribution in [0.4, 0.5) is 0 Å². The Hall–Kier alpha value is -1.67. The number of hydrogen-bond acceptors (Lipinski definition) is 2. The van der Waals surface area contributed by atoms with Crippen LogP contribution in [0.1, 0.15) is 18.1 Å². The van der Waals surface area contributed by atoms with Crippen LogP contribution >= 0.6 is 0 Å². The summed E-state index contributed by atoms with van der Waals surface area (Å²) in [6.07, 6.45) is 3.77. The van der Waals surface area contributed by atoms with E-state index in [9.17, 15) is 0 Å². The molecule has 86 valence electrons. The smallest absolute Gasteiger partial charge is 0.0346 e. The lowest BCUT2D eigenvalue weighted by molar-refractivity contribution is 0.301. The summed E-state index contributed by atoms with van der Waals surface area (Å²) in [5.41, 5.74) is 5.50. The number of hydrogen-bond donors (Lipinski definition) is 0. The van der Waals surface area contributed by atoms with E-state index >= 15 is 0 Å². The molecule has 3 rings (SSSR count). The summed E-state index contributed by atoms with van der Waals surface area (Å²) in [7, 11) is 0. The van der Waals surface area contributed by atoms with Crippen LogP contribution in [0.2, 0.25) is 0 Å². The highest BCUT2D eigenvalue weighted by molar-refractivity contribution is 5.68. The van der Waals surface area contributed by atoms with Crippen LogP contribution in [0, 0.1) is 0 Å². The van der Waals surface area contributed by atoms with Gasteiger partial charge >= 0.3 is 0 Å². The van der Waals surface area contributed by atoms with Crippen molar-refractivity contribution in [2.45, 2.75) is 20.0 Å². The van der Waals surface area contributed by atoms with Gasteiger partial charge in [-0.15, -0.1) is 0 Å². The lowest BCUT2D eigenvalue weighted by atomic mass is 9.98. The number of fused-ring (bicyclic) bond motifs is 1. The average molecular weight is 224 g/mol. The first-order chi connectivity index (χ1) is 8.38. The molecule has 0 amide bonds. The molecule has 2 aromatic rings. The topological polar surface area (TPSA) is 16.1 Å². The van der Waals surface area contributed by atoms with Crippen LogP contribution in [-0.2, 0) is 13.1 Å². The molecule has 0 bridgehead atoms. The Bertz CT molecular complexity index is 520. The number of aromatic nitrogens is 1. The standard InChI is InChI=1S/C15H16N2/c1-2-17-10-13-5-3-7-14(15(13)11-17)12-6-4-8-16-9-12/h3-9H,2,10-11H2,1H3. The monoisotopic (exact) mass is 224 g/mol. The van der Waals surface area contributed by atoms with Crippen LogP contribution in [0.25, 0.3) is 11.1 Å². The van der Waals surface area contributed by atoms with Gasteiger partial charge in [0.25, 0.3) is 0 Å². The fraction of sp³-hybridized carbons (Fsp3) is 0.267. The van der Waals surface area contributed by atoms with E-state index in [1.165, 1.54) is 22.3 Å². The van der Waals surface area contributed by atoms with Crippen molar-refractivity contribution in [2.75, 3.05) is 6.54 Å². The first kappa shape index (κ1) is 10.5. The molecule has 1 aromatic carbocycles. The van der Waals surface area contributed by atoms with Gasteiger partial charge in [0.1, 0.15) is 0 Å². The van der Waals surface area contributed by atoms with Gasteiger partial charge in [0.05, 0.1) is 0 Å². The second kappa shape index (κ2) is 4.30. The Morgan fingerprint density at radius 1 is 1.18 bits per heavy atom. The summed E-state index contributed by atoms with van der Waals surface area (Å²) >= 11 is 0. The van der Waals surface area contributed by atoms with Crippen LogP contribution < -0.4 is 0 Å². The van der Waals surface area contributed by atoms with Crippen LogP contribution in [0.5, 0.6) is 0 Å². The third kappa shape index (κ3) is 1.85. The van der Waals surface area contributed by atoms with Crippen molar-refractivity contribution >= 4 is 0 Å². The Morgan fingerprint density at radius 3 is 2.88 bits per heavy atom. The fourth-order valence-corrected chi connectivity index (χ4v) is 2.51. The summed E-state index contributed by atoms with van der Waals surface area (Å²) in [5.74, 6) is 0. The van der Waals surface area contributed by atoms with Crippen LogP contribution in [-0.4, -0.2) is 16.4 Å². The van der Waals surface area contributed by atoms with Crippen molar-refractivity contribution in [3.8, 4) is 11.1 Å². The van der Waals surface area contributed by atoms with Gasteiger partial charge in [0.2, 0.25) is 0 Å². The largest absolute Gasteiger partial charge is 0.295 e. The molecule has 0 saturated heterocycles. The van der Waals surface area contributed by atoms with E-state index in [4.69, 9.17) is 0 Å². The summed E-state index contributed by atoms with van der Waals surface area (Å²) < 4.78 is 0. The van der Waals surface area contributed by atoms with E-state index in [2.05, 4.69) is 41.1 Å². The molecule has 2 heteroatoms. The Balaban J connectivity index is 2.07. The number of benzene rings is 1. The molecule has 2 heterocycles. The van der Waals surface area contributed by atoms with Gasteiger partial charge in [-0.1, -0.05) is 31.2 Å². The molecule has 0 aliphatic carbocycles. The fourth-order valence-electron chi connectivity index (χ4n) is 2.51. The maximum absolute atomic E-state index is 4.21. The summed E-state index contributed by atoms with van der Waals surface area (Å²) in [5, 5.41) is 0. The zero-order valence-corrected chi connectivity index (χ0v) is 10.1. The second-order valence-electron chi connectivity index (χ2n) is 4.49. The Morgan fingerprint density at radius 2 is 2.12 bits per heavy atom. The highest BCUT2D eigenvalue weighted by atomic mass is 15.1. The molecule has 0 saturated carbocycles. The number of pyridine rings is 1. The predicted octanol–water partition coefficient (Wildman–Crippen LogP) is 3.08. The number of rotatable bonds is 2. The third-order valence-corrected chi connectivity index (χ3v) is 3.47. The maximum Gasteiger partial charge on any atom is 0.0346 e. The highest BCUT2D eigenvalue weighted by Crippen LogP contribution is 2.31. The normalized spacial score (nSPS) is 14.9. The minimum absolute atomic E-state index is 1.07. The highest BCUT2D eigenvalue weighted by Gasteiger charge is 2.20. The second-order valence-corrected chi connectivity index (χ2v) is 4.49. The molecule has 1 aromatic heterocycles. The van der Waals surface area contributed by atoms with Gasteiger partial charge in [-0.25, -0.2) is 0 Å². The quantitative estimate of drug-likeness (QED) is 0.779. The molecule has 2 nitrogen and oxygen atoms in total. The zero-order chi connectivity index (χ0) is 11.7. The third-order valence-electron chi connectivity index (χ3n) is 3.47. The summed E-state index contributed by atoms with van der Waals surface area (Å²) in [4.78, 5) is 6.67. The SMILES string of the molecule is CCN1Cc2cccc(-c3cccnc3)c2C1. The van der Waals surface area contributed by atoms with Gasteiger partial charge < -0.3 is 0 Å². The van der Waals surface area contributed by atoms with Gasteiger partial charge in [-0.3, -0.25) is 9.88 Å². The molecular formula is C15H16N2. The first-order valence-electron chi connectivity index (χ1n) is 6.12. The molecule has 0 radical (unpaired) electrons. The van der Waals surface area contributed by atoms with Crippen molar-refractivity contribution in [2.24, 2.45) is 0 Å². The average Bonchev–Trinajstić information content (AvgIpc) is 2.82. The summed E-state index contributed by atoms with van der Waals surface area (Å²) in [6.45, 7) is 5.48. The van der Waals surface area contributed by atoms with E-state index < -0.39 is 0 Å². The maximum atomic E-state index is 4.21. The molecule has 1 aliphatic rings. The van der Waals surface area contributed by atoms with E-state index in [0.717, 1.165) is 19.6 Å². The minimum Gasteiger partial charge on any atom is -0.295 e. The molecule has 0 unspecified atom stereocenters. The molecular weight excluding hydrogens is 208 g/mol. The van der Waals surface area contributed by atoms with Crippen LogP contribution in [0.3, 0.4) is 0 Å². The van der Waals surface area contributed by atoms with E-state index in [0.29, 0.717) is 0 Å². The van der Waals surface area contributed by atoms with Crippen molar-refractivity contribution in [1.82, 2.24) is 9.88 Å². The molecule has 0 N–H and O–H groups in total. The van der Waals surface area contributed by atoms with Crippen molar-refractivity contribution < 1.29 is 0 Å². The zero-order valence-electron chi connectivity index (χ0n) is 10.1. The first-order valence-corrected chi connectivity index (χ1v) is 6.12. The Labute approximate surface area is 102 Å². The predicted molar refractivity (Wildman–Crippen MR) is 69.5 cm³/mol. The van der Waals surface area contributed by atoms with E-state index in [-0.39, 0.29) is 0 Å². The van der Waals surface area contributed by atoms with E-state index in [1.807, 2.05) is 18.5 Å². The van der Waals surface area contributed by atoms with Gasteiger partial charge in [-0.05, 0) is 29.3 Å². The molecule has 0 atom stereocenters. The van der Waals surface area contributed by atoms with Crippen molar-refractivity contribution in [1.29, 1.82) is 0 Å². The van der Waals surface area contributed by atoms with Crippen molar-refractivity contribution in [3.05, 3.63) is 53.9 Å². The van der Waals surface area contributed by atoms with Gasteiger partial charge in [0, 0.05) is 31.0 Å². The van der Waals surface area contributed by atoms with Crippen molar-refractivity contribution in [3.63, 3.8) is 0 Å². The molecule has 0 spiro atoms. The summed E-state index contributed by atoms with van der Waals surface area (Å²) in [6, 6.07) is 10.7. The molecule has 0 fully saturated rings. The van der Waals surface area contributed by atoms with Crippen LogP contribution in [0.15, 0.2) is 42.7 Å². The minimum atomic E-state index is 1.07. The van der Waals surface area contributed by atoms with E-state index in [1.54, 1.807) is 0 Å². The molecule has 17 heavy (non-hydrogen) atoms. The molecule has 1 aliphatic heterocycles. The lowest BCUT2D eigenvalue weighted by Gasteiger charge is -2.10. The van der Waals surface area contributed by atoms with Gasteiger partial charge in [-0.2, -0.15) is 0 Å². The lowest BCUT2D eigenvalue weighted by Crippen LogP contribution is -2.14. The Kier molecular flexibility index (Phi) is 2.65.